The quantitative estimate of drug-likeness (QED) is 0.587. The molecule has 3 heterocycles. The molecule has 26 heavy (non-hydrogen) atoms. The summed E-state index contributed by atoms with van der Waals surface area (Å²) < 4.78 is 1.88. The first-order chi connectivity index (χ1) is 12.8. The highest BCUT2D eigenvalue weighted by Gasteiger charge is 2.23. The van der Waals surface area contributed by atoms with Gasteiger partial charge in [0.05, 0.1) is 11.9 Å². The van der Waals surface area contributed by atoms with Crippen LogP contribution in [0.3, 0.4) is 0 Å². The summed E-state index contributed by atoms with van der Waals surface area (Å²) in [7, 11) is 0. The second-order valence-corrected chi connectivity index (χ2v) is 7.39. The van der Waals surface area contributed by atoms with Crippen LogP contribution in [0.15, 0.2) is 48.1 Å². The number of aromatic amines is 1. The van der Waals surface area contributed by atoms with Crippen molar-refractivity contribution in [2.45, 2.75) is 25.3 Å². The molecule has 3 aromatic heterocycles. The molecule has 4 aromatic rings. The lowest BCUT2D eigenvalue weighted by atomic mass is 9.93. The predicted octanol–water partition coefficient (Wildman–Crippen LogP) is 3.07. The Hall–Kier alpha value is -2.93. The van der Waals surface area contributed by atoms with E-state index in [4.69, 9.17) is 0 Å². The van der Waals surface area contributed by atoms with Crippen molar-refractivity contribution in [2.75, 3.05) is 0 Å². The van der Waals surface area contributed by atoms with Crippen LogP contribution in [0.25, 0.3) is 16.2 Å². The zero-order valence-corrected chi connectivity index (χ0v) is 14.8. The zero-order valence-electron chi connectivity index (χ0n) is 14.0. The van der Waals surface area contributed by atoms with Gasteiger partial charge >= 0.3 is 0 Å². The Balaban J connectivity index is 1.39. The van der Waals surface area contributed by atoms with E-state index in [1.807, 2.05) is 52.5 Å². The van der Waals surface area contributed by atoms with Crippen molar-refractivity contribution >= 4 is 22.2 Å². The van der Waals surface area contributed by atoms with Gasteiger partial charge in [-0.25, -0.2) is 4.98 Å². The Morgan fingerprint density at radius 1 is 1.31 bits per heavy atom. The van der Waals surface area contributed by atoms with Crippen molar-refractivity contribution in [3.05, 3.63) is 65.1 Å². The van der Waals surface area contributed by atoms with Gasteiger partial charge < -0.3 is 5.32 Å². The maximum Gasteiger partial charge on any atom is 0.269 e. The molecule has 1 atom stereocenters. The molecule has 0 fully saturated rings. The Morgan fingerprint density at radius 2 is 2.19 bits per heavy atom. The molecule has 0 bridgehead atoms. The third-order valence-electron chi connectivity index (χ3n) is 4.86. The van der Waals surface area contributed by atoms with Crippen LogP contribution in [0.5, 0.6) is 0 Å². The van der Waals surface area contributed by atoms with Crippen LogP contribution in [-0.4, -0.2) is 31.5 Å². The number of aryl methyl sites for hydroxylation is 1. The van der Waals surface area contributed by atoms with Crippen LogP contribution in [0.4, 0.5) is 0 Å². The largest absolute Gasteiger partial charge is 0.348 e. The van der Waals surface area contributed by atoms with E-state index in [9.17, 15) is 4.79 Å². The lowest BCUT2D eigenvalue weighted by Gasteiger charge is -2.22. The lowest BCUT2D eigenvalue weighted by Crippen LogP contribution is -2.39. The molecule has 7 heteroatoms. The number of imidazole rings is 1. The Bertz CT molecular complexity index is 1080. The molecule has 0 saturated carbocycles. The minimum absolute atomic E-state index is 0.0507. The average molecular weight is 363 g/mol. The number of amides is 1. The van der Waals surface area contributed by atoms with Gasteiger partial charge in [0.1, 0.15) is 5.69 Å². The number of nitrogens with one attached hydrogen (secondary N) is 2. The van der Waals surface area contributed by atoms with Gasteiger partial charge in [0, 0.05) is 28.9 Å². The van der Waals surface area contributed by atoms with E-state index in [0.29, 0.717) is 5.69 Å². The maximum atomic E-state index is 12.8. The highest BCUT2D eigenvalue weighted by Crippen LogP contribution is 2.24. The van der Waals surface area contributed by atoms with E-state index in [2.05, 4.69) is 20.5 Å². The number of rotatable bonds is 3. The lowest BCUT2D eigenvalue weighted by molar-refractivity contribution is 0.0928. The van der Waals surface area contributed by atoms with Crippen molar-refractivity contribution in [1.82, 2.24) is 24.9 Å². The molecule has 1 aliphatic rings. The standard InChI is InChI=1S/C19H17N5OS/c25-18(21-14-6-7-15-13(8-14)9-20-23-15)17-11-26-19-22-16(10-24(17)19)12-4-2-1-3-5-12/h1-5,9-11,14H,6-8H2,(H,20,23)(H,21,25)/t14-/m0/s1. The third-order valence-corrected chi connectivity index (χ3v) is 5.70. The molecule has 1 aromatic carbocycles. The van der Waals surface area contributed by atoms with E-state index in [1.54, 1.807) is 0 Å². The number of carbonyl (C=O) groups is 1. The monoisotopic (exact) mass is 363 g/mol. The predicted molar refractivity (Wildman–Crippen MR) is 100 cm³/mol. The summed E-state index contributed by atoms with van der Waals surface area (Å²) in [5, 5.41) is 12.2. The smallest absolute Gasteiger partial charge is 0.269 e. The number of fused-ring (bicyclic) bond motifs is 2. The van der Waals surface area contributed by atoms with Gasteiger partial charge in [0.15, 0.2) is 4.96 Å². The van der Waals surface area contributed by atoms with Gasteiger partial charge in [-0.3, -0.25) is 14.3 Å². The Morgan fingerprint density at radius 3 is 3.08 bits per heavy atom. The Labute approximate surface area is 153 Å². The van der Waals surface area contributed by atoms with E-state index < -0.39 is 0 Å². The van der Waals surface area contributed by atoms with Crippen LogP contribution < -0.4 is 5.32 Å². The molecule has 0 spiro atoms. The first-order valence-corrected chi connectivity index (χ1v) is 9.50. The molecule has 0 unspecified atom stereocenters. The Kier molecular flexibility index (Phi) is 3.60. The molecule has 0 radical (unpaired) electrons. The van der Waals surface area contributed by atoms with Gasteiger partial charge in [-0.1, -0.05) is 30.3 Å². The second-order valence-electron chi connectivity index (χ2n) is 6.55. The number of H-pyrrole nitrogens is 1. The summed E-state index contributed by atoms with van der Waals surface area (Å²) in [4.78, 5) is 18.3. The normalized spacial score (nSPS) is 16.5. The first-order valence-electron chi connectivity index (χ1n) is 8.62. The van der Waals surface area contributed by atoms with E-state index in [1.165, 1.54) is 22.6 Å². The fraction of sp³-hybridized carbons (Fsp3) is 0.211. The highest BCUT2D eigenvalue weighted by atomic mass is 32.1. The zero-order chi connectivity index (χ0) is 17.5. The van der Waals surface area contributed by atoms with Gasteiger partial charge in [0.2, 0.25) is 0 Å². The SMILES string of the molecule is O=C(N[C@H]1CCc2[nH]ncc2C1)c1csc2nc(-c3ccccc3)cn12. The van der Waals surface area contributed by atoms with Gasteiger partial charge in [-0.15, -0.1) is 11.3 Å². The average Bonchev–Trinajstić information content (AvgIpc) is 3.37. The molecule has 5 rings (SSSR count). The van der Waals surface area contributed by atoms with Crippen molar-refractivity contribution in [3.63, 3.8) is 0 Å². The summed E-state index contributed by atoms with van der Waals surface area (Å²) in [6, 6.07) is 10.1. The number of benzene rings is 1. The molecule has 130 valence electrons. The van der Waals surface area contributed by atoms with Crippen LogP contribution in [0.1, 0.15) is 28.2 Å². The van der Waals surface area contributed by atoms with Crippen LogP contribution in [0.2, 0.25) is 0 Å². The van der Waals surface area contributed by atoms with Crippen molar-refractivity contribution in [1.29, 1.82) is 0 Å². The van der Waals surface area contributed by atoms with Crippen LogP contribution in [-0.2, 0) is 12.8 Å². The number of thiazole rings is 1. The maximum absolute atomic E-state index is 12.8. The van der Waals surface area contributed by atoms with E-state index in [-0.39, 0.29) is 11.9 Å². The minimum Gasteiger partial charge on any atom is -0.348 e. The van der Waals surface area contributed by atoms with Crippen molar-refractivity contribution in [2.24, 2.45) is 0 Å². The summed E-state index contributed by atoms with van der Waals surface area (Å²) in [5.74, 6) is -0.0507. The molecular weight excluding hydrogens is 346 g/mol. The van der Waals surface area contributed by atoms with Gasteiger partial charge in [-0.05, 0) is 24.8 Å². The molecule has 1 amide bonds. The number of nitrogens with zero attached hydrogens (tertiary/aromatic N) is 3. The molecule has 0 saturated heterocycles. The van der Waals surface area contributed by atoms with Crippen molar-refractivity contribution < 1.29 is 4.79 Å². The fourth-order valence-corrected chi connectivity index (χ4v) is 4.35. The van der Waals surface area contributed by atoms with Gasteiger partial charge in [-0.2, -0.15) is 5.10 Å². The number of hydrogen-bond acceptors (Lipinski definition) is 4. The first kappa shape index (κ1) is 15.3. The summed E-state index contributed by atoms with van der Waals surface area (Å²) in [6.45, 7) is 0. The summed E-state index contributed by atoms with van der Waals surface area (Å²) in [5.41, 5.74) is 4.96. The summed E-state index contributed by atoms with van der Waals surface area (Å²) >= 11 is 1.49. The number of aromatic nitrogens is 4. The highest BCUT2D eigenvalue weighted by molar-refractivity contribution is 7.15. The molecule has 1 aliphatic carbocycles. The number of hydrogen-bond donors (Lipinski definition) is 2. The third kappa shape index (κ3) is 2.61. The second kappa shape index (κ2) is 6.10. The van der Waals surface area contributed by atoms with Crippen LogP contribution >= 0.6 is 11.3 Å². The minimum atomic E-state index is -0.0507. The van der Waals surface area contributed by atoms with E-state index in [0.717, 1.165) is 35.5 Å². The summed E-state index contributed by atoms with van der Waals surface area (Å²) in [6.07, 6.45) is 6.46. The molecule has 2 N–H and O–H groups in total. The van der Waals surface area contributed by atoms with E-state index >= 15 is 0 Å². The van der Waals surface area contributed by atoms with Gasteiger partial charge in [0.25, 0.3) is 5.91 Å². The van der Waals surface area contributed by atoms with Crippen LogP contribution in [0, 0.1) is 0 Å². The van der Waals surface area contributed by atoms with Crippen molar-refractivity contribution in [3.8, 4) is 11.3 Å². The topological polar surface area (TPSA) is 75.1 Å². The number of carbonyl (C=O) groups excluding carboxylic acids is 1. The fourth-order valence-electron chi connectivity index (χ4n) is 3.49. The molecule has 0 aliphatic heterocycles. The molecule has 6 nitrogen and oxygen atoms in total. The molecular formula is C19H17N5OS.